The third-order valence-corrected chi connectivity index (χ3v) is 12.8. The molecule has 0 atom stereocenters. The lowest BCUT2D eigenvalue weighted by Gasteiger charge is -2.22. The van der Waals surface area contributed by atoms with Crippen molar-refractivity contribution in [2.75, 3.05) is 14.2 Å². The molecule has 286 valence electrons. The third kappa shape index (κ3) is 5.34. The fourth-order valence-corrected chi connectivity index (χ4v) is 10.1. The first-order valence-electron chi connectivity index (χ1n) is 20.7. The van der Waals surface area contributed by atoms with E-state index < -0.39 is 0 Å². The number of para-hydroxylation sites is 2. The molecule has 11 rings (SSSR count). The third-order valence-electron chi connectivity index (χ3n) is 12.8. The highest BCUT2D eigenvalue weighted by molar-refractivity contribution is 6.25. The second-order valence-corrected chi connectivity index (χ2v) is 15.9. The van der Waals surface area contributed by atoms with Gasteiger partial charge in [-0.3, -0.25) is 0 Å². The molecule has 0 unspecified atom stereocenters. The van der Waals surface area contributed by atoms with Crippen molar-refractivity contribution in [3.05, 3.63) is 193 Å². The standard InChI is InChI=1S/C58H42O2/c1-35-39-17-5-9-21-43(39)55(44-22-10-6-18-40(35)44)37-29-31-47-51(33-37)57(49-25-13-15-27-53(49)59-3)48-32-30-38(34-52(48)58(47)50-26-14-16-28-54(50)60-4)56-45-23-11-7-19-41(45)36(2)42-20-8-12-24-46(42)56/h5-34H,1-4H3. The highest BCUT2D eigenvalue weighted by Crippen LogP contribution is 2.51. The van der Waals surface area contributed by atoms with Crippen molar-refractivity contribution in [3.8, 4) is 56.0 Å². The van der Waals surface area contributed by atoms with E-state index in [1.54, 1.807) is 14.2 Å². The molecular weight excluding hydrogens is 729 g/mol. The van der Waals surface area contributed by atoms with Gasteiger partial charge in [0.2, 0.25) is 0 Å². The lowest BCUT2D eigenvalue weighted by molar-refractivity contribution is 0.416. The van der Waals surface area contributed by atoms with E-state index in [9.17, 15) is 0 Å². The molecule has 0 spiro atoms. The second kappa shape index (κ2) is 14.1. The Morgan fingerprint density at radius 2 is 0.550 bits per heavy atom. The average molecular weight is 771 g/mol. The van der Waals surface area contributed by atoms with E-state index in [4.69, 9.17) is 9.47 Å². The van der Waals surface area contributed by atoms with Crippen LogP contribution in [-0.2, 0) is 0 Å². The molecule has 11 aromatic rings. The van der Waals surface area contributed by atoms with Crippen molar-refractivity contribution >= 4 is 64.6 Å². The SMILES string of the molecule is COc1ccccc1-c1c2ccc(-c3c4ccccc4c(C)c4ccccc34)cc2c(-c2ccccc2OC)c2ccc(-c3c4ccccc4c(C)c4ccccc34)cc12. The summed E-state index contributed by atoms with van der Waals surface area (Å²) in [6.07, 6.45) is 0. The van der Waals surface area contributed by atoms with Crippen LogP contribution < -0.4 is 9.47 Å². The van der Waals surface area contributed by atoms with E-state index in [1.165, 1.54) is 76.5 Å². The lowest BCUT2D eigenvalue weighted by atomic mass is 9.81. The van der Waals surface area contributed by atoms with E-state index in [0.717, 1.165) is 55.3 Å². The van der Waals surface area contributed by atoms with Crippen molar-refractivity contribution in [1.29, 1.82) is 0 Å². The molecule has 0 amide bonds. The minimum atomic E-state index is 0.835. The highest BCUT2D eigenvalue weighted by Gasteiger charge is 2.24. The van der Waals surface area contributed by atoms with Crippen molar-refractivity contribution in [2.24, 2.45) is 0 Å². The molecule has 0 aliphatic carbocycles. The van der Waals surface area contributed by atoms with Gasteiger partial charge in [0.1, 0.15) is 11.5 Å². The van der Waals surface area contributed by atoms with Crippen LogP contribution in [0.5, 0.6) is 11.5 Å². The molecule has 0 fully saturated rings. The van der Waals surface area contributed by atoms with Gasteiger partial charge in [0.25, 0.3) is 0 Å². The Labute approximate surface area is 349 Å². The maximum atomic E-state index is 6.17. The Bertz CT molecular complexity index is 3190. The molecule has 2 nitrogen and oxygen atoms in total. The Balaban J connectivity index is 1.33. The molecule has 0 radical (unpaired) electrons. The van der Waals surface area contributed by atoms with Crippen LogP contribution in [0.3, 0.4) is 0 Å². The monoisotopic (exact) mass is 770 g/mol. The summed E-state index contributed by atoms with van der Waals surface area (Å²) in [5.74, 6) is 1.67. The lowest BCUT2D eigenvalue weighted by Crippen LogP contribution is -1.96. The number of hydrogen-bond donors (Lipinski definition) is 0. The number of rotatable bonds is 6. The number of fused-ring (bicyclic) bond motifs is 6. The molecule has 0 N–H and O–H groups in total. The van der Waals surface area contributed by atoms with Crippen LogP contribution >= 0.6 is 0 Å². The Morgan fingerprint density at radius 3 is 0.883 bits per heavy atom. The van der Waals surface area contributed by atoms with E-state index in [0.29, 0.717) is 0 Å². The van der Waals surface area contributed by atoms with E-state index in [2.05, 4.69) is 196 Å². The summed E-state index contributed by atoms with van der Waals surface area (Å²) < 4.78 is 12.3. The van der Waals surface area contributed by atoms with Gasteiger partial charge in [-0.25, -0.2) is 0 Å². The van der Waals surface area contributed by atoms with Gasteiger partial charge < -0.3 is 9.47 Å². The highest BCUT2D eigenvalue weighted by atomic mass is 16.5. The molecule has 2 heteroatoms. The van der Waals surface area contributed by atoms with Crippen molar-refractivity contribution in [2.45, 2.75) is 13.8 Å². The van der Waals surface area contributed by atoms with E-state index in [-0.39, 0.29) is 0 Å². The van der Waals surface area contributed by atoms with Gasteiger partial charge in [-0.1, -0.05) is 158 Å². The Kier molecular flexibility index (Phi) is 8.42. The summed E-state index contributed by atoms with van der Waals surface area (Å²) in [4.78, 5) is 0. The van der Waals surface area contributed by atoms with E-state index >= 15 is 0 Å². The predicted molar refractivity (Wildman–Crippen MR) is 256 cm³/mol. The Morgan fingerprint density at radius 1 is 0.267 bits per heavy atom. The maximum absolute atomic E-state index is 6.17. The van der Waals surface area contributed by atoms with Gasteiger partial charge >= 0.3 is 0 Å². The molecule has 0 saturated heterocycles. The summed E-state index contributed by atoms with van der Waals surface area (Å²) in [7, 11) is 3.54. The van der Waals surface area contributed by atoms with Crippen LogP contribution in [0.1, 0.15) is 11.1 Å². The normalized spacial score (nSPS) is 11.7. The molecule has 0 heterocycles. The number of hydrogen-bond acceptors (Lipinski definition) is 2. The number of benzene rings is 11. The fourth-order valence-electron chi connectivity index (χ4n) is 10.1. The first-order valence-corrected chi connectivity index (χ1v) is 20.7. The molecule has 0 aliphatic heterocycles. The zero-order valence-corrected chi connectivity index (χ0v) is 34.1. The second-order valence-electron chi connectivity index (χ2n) is 15.9. The van der Waals surface area contributed by atoms with E-state index in [1.807, 2.05) is 0 Å². The van der Waals surface area contributed by atoms with Gasteiger partial charge in [-0.05, 0) is 136 Å². The molecule has 0 saturated carbocycles. The number of aryl methyl sites for hydroxylation is 2. The van der Waals surface area contributed by atoms with Gasteiger partial charge in [-0.2, -0.15) is 0 Å². The fraction of sp³-hybridized carbons (Fsp3) is 0.0690. The number of methoxy groups -OCH3 is 2. The van der Waals surface area contributed by atoms with Crippen LogP contribution in [0.4, 0.5) is 0 Å². The summed E-state index contributed by atoms with van der Waals surface area (Å²) in [5, 5.41) is 14.7. The van der Waals surface area contributed by atoms with Crippen LogP contribution in [0.15, 0.2) is 182 Å². The van der Waals surface area contributed by atoms with Crippen LogP contribution in [-0.4, -0.2) is 14.2 Å². The van der Waals surface area contributed by atoms with Gasteiger partial charge in [-0.15, -0.1) is 0 Å². The number of ether oxygens (including phenoxy) is 2. The summed E-state index contributed by atoms with van der Waals surface area (Å²) in [5.41, 5.74) is 11.8. The zero-order chi connectivity index (χ0) is 40.5. The first-order chi connectivity index (χ1) is 29.6. The van der Waals surface area contributed by atoms with Crippen molar-refractivity contribution < 1.29 is 9.47 Å². The summed E-state index contributed by atoms with van der Waals surface area (Å²) in [6.45, 7) is 4.49. The zero-order valence-electron chi connectivity index (χ0n) is 34.1. The quantitative estimate of drug-likeness (QED) is 0.157. The maximum Gasteiger partial charge on any atom is 0.126 e. The molecule has 11 aromatic carbocycles. The predicted octanol–water partition coefficient (Wildman–Crippen LogP) is 15.9. The summed E-state index contributed by atoms with van der Waals surface area (Å²) >= 11 is 0. The molecular formula is C58H42O2. The van der Waals surface area contributed by atoms with Gasteiger partial charge in [0.15, 0.2) is 0 Å². The van der Waals surface area contributed by atoms with Crippen LogP contribution in [0.25, 0.3) is 109 Å². The molecule has 60 heavy (non-hydrogen) atoms. The minimum Gasteiger partial charge on any atom is -0.496 e. The van der Waals surface area contributed by atoms with Gasteiger partial charge in [0, 0.05) is 22.3 Å². The topological polar surface area (TPSA) is 18.5 Å². The first kappa shape index (κ1) is 35.7. The van der Waals surface area contributed by atoms with Crippen LogP contribution in [0.2, 0.25) is 0 Å². The molecule has 0 aliphatic rings. The average Bonchev–Trinajstić information content (AvgIpc) is 3.31. The largest absolute Gasteiger partial charge is 0.496 e. The van der Waals surface area contributed by atoms with Crippen molar-refractivity contribution in [3.63, 3.8) is 0 Å². The van der Waals surface area contributed by atoms with Crippen LogP contribution in [0, 0.1) is 13.8 Å². The smallest absolute Gasteiger partial charge is 0.126 e. The van der Waals surface area contributed by atoms with Crippen molar-refractivity contribution in [1.82, 2.24) is 0 Å². The minimum absolute atomic E-state index is 0.835. The summed E-state index contributed by atoms with van der Waals surface area (Å²) in [6, 6.07) is 66.4. The van der Waals surface area contributed by atoms with Gasteiger partial charge in [0.05, 0.1) is 14.2 Å². The molecule has 0 bridgehead atoms. The Hall–Kier alpha value is -7.42. The molecule has 0 aromatic heterocycles.